The molecule has 0 bridgehead atoms. The first-order valence-electron chi connectivity index (χ1n) is 7.28. The fourth-order valence-corrected chi connectivity index (χ4v) is 3.11. The third kappa shape index (κ3) is 4.69. The molecule has 0 spiro atoms. The van der Waals surface area contributed by atoms with Gasteiger partial charge in [0.25, 0.3) is 0 Å². The highest BCUT2D eigenvalue weighted by Crippen LogP contribution is 2.24. The van der Waals surface area contributed by atoms with E-state index in [1.54, 1.807) is 13.8 Å². The van der Waals surface area contributed by atoms with Gasteiger partial charge in [0.2, 0.25) is 11.8 Å². The van der Waals surface area contributed by atoms with Gasteiger partial charge < -0.3 is 10.2 Å². The Labute approximate surface area is 127 Å². The zero-order chi connectivity index (χ0) is 16.4. The van der Waals surface area contributed by atoms with Crippen LogP contribution in [-0.4, -0.2) is 55.3 Å². The fourth-order valence-electron chi connectivity index (χ4n) is 2.34. The summed E-state index contributed by atoms with van der Waals surface area (Å²) in [6.45, 7) is 9.15. The van der Waals surface area contributed by atoms with Gasteiger partial charge in [0.1, 0.15) is 6.04 Å². The molecule has 0 aliphatic carbocycles. The monoisotopic (exact) mass is 318 g/mol. The Bertz CT molecular complexity index is 508. The SMILES string of the molecule is CCS(=O)(=O)CCN1C(=O)C(C(C)(C)C)NC(=O)CC1C. The smallest absolute Gasteiger partial charge is 0.245 e. The summed E-state index contributed by atoms with van der Waals surface area (Å²) in [5.74, 6) is -0.378. The molecule has 0 radical (unpaired) electrons. The van der Waals surface area contributed by atoms with E-state index in [2.05, 4.69) is 5.32 Å². The second-order valence-electron chi connectivity index (χ2n) is 6.69. The maximum atomic E-state index is 12.7. The van der Waals surface area contributed by atoms with E-state index in [9.17, 15) is 18.0 Å². The van der Waals surface area contributed by atoms with Crippen LogP contribution >= 0.6 is 0 Å². The van der Waals surface area contributed by atoms with Crippen LogP contribution in [0.1, 0.15) is 41.0 Å². The van der Waals surface area contributed by atoms with E-state index < -0.39 is 21.3 Å². The van der Waals surface area contributed by atoms with Crippen molar-refractivity contribution < 1.29 is 18.0 Å². The van der Waals surface area contributed by atoms with Gasteiger partial charge in [0.05, 0.1) is 5.75 Å². The van der Waals surface area contributed by atoms with Crippen LogP contribution in [-0.2, 0) is 19.4 Å². The largest absolute Gasteiger partial charge is 0.344 e. The van der Waals surface area contributed by atoms with Gasteiger partial charge in [-0.2, -0.15) is 0 Å². The van der Waals surface area contributed by atoms with Crippen LogP contribution in [0.3, 0.4) is 0 Å². The van der Waals surface area contributed by atoms with Crippen LogP contribution in [0, 0.1) is 5.41 Å². The summed E-state index contributed by atoms with van der Waals surface area (Å²) in [6.07, 6.45) is 0.199. The summed E-state index contributed by atoms with van der Waals surface area (Å²) < 4.78 is 23.3. The Kier molecular flexibility index (Phi) is 5.41. The van der Waals surface area contributed by atoms with Crippen LogP contribution in [0.5, 0.6) is 0 Å². The molecule has 6 nitrogen and oxygen atoms in total. The second kappa shape index (κ2) is 6.34. The number of hydrogen-bond donors (Lipinski definition) is 1. The summed E-state index contributed by atoms with van der Waals surface area (Å²) in [7, 11) is -3.14. The van der Waals surface area contributed by atoms with Crippen molar-refractivity contribution in [3.05, 3.63) is 0 Å². The number of nitrogens with zero attached hydrogens (tertiary/aromatic N) is 1. The van der Waals surface area contributed by atoms with Crippen LogP contribution in [0.15, 0.2) is 0 Å². The Morgan fingerprint density at radius 2 is 1.86 bits per heavy atom. The minimum absolute atomic E-state index is 0.0588. The van der Waals surface area contributed by atoms with Crippen molar-refractivity contribution in [3.8, 4) is 0 Å². The molecular formula is C14H26N2O4S. The lowest BCUT2D eigenvalue weighted by molar-refractivity contribution is -0.137. The van der Waals surface area contributed by atoms with Crippen LogP contribution < -0.4 is 5.32 Å². The first-order valence-corrected chi connectivity index (χ1v) is 9.10. The molecule has 0 saturated carbocycles. The number of amides is 2. The van der Waals surface area contributed by atoms with E-state index in [1.165, 1.54) is 4.90 Å². The fraction of sp³-hybridized carbons (Fsp3) is 0.857. The van der Waals surface area contributed by atoms with Crippen LogP contribution in [0.2, 0.25) is 0 Å². The van der Waals surface area contributed by atoms with E-state index in [0.717, 1.165) is 0 Å². The third-order valence-corrected chi connectivity index (χ3v) is 5.48. The lowest BCUT2D eigenvalue weighted by atomic mass is 9.86. The van der Waals surface area contributed by atoms with Crippen LogP contribution in [0.4, 0.5) is 0 Å². The van der Waals surface area contributed by atoms with E-state index in [1.807, 2.05) is 20.8 Å². The Balaban J connectivity index is 2.99. The molecule has 1 N–H and O–H groups in total. The van der Waals surface area contributed by atoms with Crippen molar-refractivity contribution in [2.75, 3.05) is 18.1 Å². The number of sulfone groups is 1. The summed E-state index contributed by atoms with van der Waals surface area (Å²) in [5, 5.41) is 2.76. The summed E-state index contributed by atoms with van der Waals surface area (Å²) in [4.78, 5) is 26.1. The molecular weight excluding hydrogens is 292 g/mol. The van der Waals surface area contributed by atoms with Crippen molar-refractivity contribution in [2.24, 2.45) is 5.41 Å². The molecule has 0 aromatic rings. The minimum atomic E-state index is -3.14. The molecule has 122 valence electrons. The Morgan fingerprint density at radius 1 is 1.29 bits per heavy atom. The summed E-state index contributed by atoms with van der Waals surface area (Å²) in [6, 6.07) is -0.920. The van der Waals surface area contributed by atoms with Gasteiger partial charge in [-0.15, -0.1) is 0 Å². The third-order valence-electron chi connectivity index (χ3n) is 3.80. The first-order chi connectivity index (χ1) is 9.48. The highest BCUT2D eigenvalue weighted by atomic mass is 32.2. The molecule has 2 atom stereocenters. The summed E-state index contributed by atoms with van der Waals surface area (Å²) >= 11 is 0. The van der Waals surface area contributed by atoms with Crippen LogP contribution in [0.25, 0.3) is 0 Å². The first kappa shape index (κ1) is 17.9. The van der Waals surface area contributed by atoms with E-state index in [4.69, 9.17) is 0 Å². The number of carbonyl (C=O) groups excluding carboxylic acids is 2. The van der Waals surface area contributed by atoms with E-state index >= 15 is 0 Å². The molecule has 2 amide bonds. The number of rotatable bonds is 4. The molecule has 0 aromatic carbocycles. The van der Waals surface area contributed by atoms with Crippen molar-refractivity contribution in [1.29, 1.82) is 0 Å². The quantitative estimate of drug-likeness (QED) is 0.821. The van der Waals surface area contributed by atoms with Gasteiger partial charge in [-0.3, -0.25) is 9.59 Å². The van der Waals surface area contributed by atoms with Gasteiger partial charge in [-0.05, 0) is 12.3 Å². The molecule has 1 rings (SSSR count). The van der Waals surface area contributed by atoms with E-state index in [0.29, 0.717) is 0 Å². The topological polar surface area (TPSA) is 83.6 Å². The zero-order valence-corrected chi connectivity index (χ0v) is 14.3. The standard InChI is InChI=1S/C14H26N2O4S/c1-6-21(19,20)8-7-16-10(2)9-11(17)15-12(13(16)18)14(3,4)5/h10,12H,6-9H2,1-5H3,(H,15,17). The van der Waals surface area contributed by atoms with Gasteiger partial charge in [0.15, 0.2) is 9.84 Å². The minimum Gasteiger partial charge on any atom is -0.344 e. The van der Waals surface area contributed by atoms with Crippen molar-refractivity contribution >= 4 is 21.7 Å². The molecule has 2 unspecified atom stereocenters. The molecule has 1 heterocycles. The number of nitrogens with one attached hydrogen (secondary N) is 1. The normalized spacial score (nSPS) is 24.7. The van der Waals surface area contributed by atoms with Gasteiger partial charge in [-0.1, -0.05) is 27.7 Å². The molecule has 7 heteroatoms. The van der Waals surface area contributed by atoms with Gasteiger partial charge >= 0.3 is 0 Å². The highest BCUT2D eigenvalue weighted by Gasteiger charge is 2.40. The number of hydrogen-bond acceptors (Lipinski definition) is 4. The lowest BCUT2D eigenvalue weighted by Crippen LogP contribution is -2.53. The molecule has 0 aromatic heterocycles. The van der Waals surface area contributed by atoms with Crippen molar-refractivity contribution in [2.45, 2.75) is 53.1 Å². The second-order valence-corrected chi connectivity index (χ2v) is 9.16. The molecule has 1 aliphatic rings. The molecule has 21 heavy (non-hydrogen) atoms. The Hall–Kier alpha value is -1.11. The summed E-state index contributed by atoms with van der Waals surface area (Å²) in [5.41, 5.74) is -0.418. The van der Waals surface area contributed by atoms with Crippen molar-refractivity contribution in [1.82, 2.24) is 10.2 Å². The average molecular weight is 318 g/mol. The van der Waals surface area contributed by atoms with Gasteiger partial charge in [0, 0.05) is 24.8 Å². The molecule has 1 fully saturated rings. The predicted octanol–water partition coefficient (Wildman–Crippen LogP) is 0.573. The lowest BCUT2D eigenvalue weighted by Gasteiger charge is -2.34. The molecule has 1 aliphatic heterocycles. The number of carbonyl (C=O) groups is 2. The Morgan fingerprint density at radius 3 is 2.33 bits per heavy atom. The molecule has 1 saturated heterocycles. The van der Waals surface area contributed by atoms with Crippen molar-refractivity contribution in [3.63, 3.8) is 0 Å². The maximum Gasteiger partial charge on any atom is 0.245 e. The van der Waals surface area contributed by atoms with Gasteiger partial charge in [-0.25, -0.2) is 8.42 Å². The zero-order valence-electron chi connectivity index (χ0n) is 13.5. The maximum absolute atomic E-state index is 12.7. The average Bonchev–Trinajstić information content (AvgIpc) is 2.44. The van der Waals surface area contributed by atoms with E-state index in [-0.39, 0.29) is 42.3 Å². The predicted molar refractivity (Wildman–Crippen MR) is 81.5 cm³/mol. The highest BCUT2D eigenvalue weighted by molar-refractivity contribution is 7.91.